The minimum Gasteiger partial charge on any atom is -0.494 e. The molecule has 3 heterocycles. The van der Waals surface area contributed by atoms with Gasteiger partial charge in [-0.05, 0) is 37.3 Å². The summed E-state index contributed by atoms with van der Waals surface area (Å²) in [4.78, 5) is 4.16. The van der Waals surface area contributed by atoms with Gasteiger partial charge in [0.1, 0.15) is 29.0 Å². The number of halogens is 1. The van der Waals surface area contributed by atoms with Crippen LogP contribution in [-0.2, 0) is 22.0 Å². The summed E-state index contributed by atoms with van der Waals surface area (Å²) in [7, 11) is -0.791. The van der Waals surface area contributed by atoms with Crippen LogP contribution in [0.25, 0.3) is 17.3 Å². The summed E-state index contributed by atoms with van der Waals surface area (Å²) in [5, 5.41) is 17.2. The number of para-hydroxylation sites is 1. The molecule has 4 aromatic rings. The minimum absolute atomic E-state index is 0.0273. The predicted molar refractivity (Wildman–Crippen MR) is 132 cm³/mol. The van der Waals surface area contributed by atoms with Gasteiger partial charge in [-0.25, -0.2) is 8.42 Å². The van der Waals surface area contributed by atoms with E-state index in [1.54, 1.807) is 41.8 Å². The number of benzene rings is 1. The maximum absolute atomic E-state index is 13.5. The first-order chi connectivity index (χ1) is 17.3. The van der Waals surface area contributed by atoms with Gasteiger partial charge >= 0.3 is 0 Å². The highest BCUT2D eigenvalue weighted by atomic mass is 35.5. The maximum atomic E-state index is 13.5. The van der Waals surface area contributed by atoms with Crippen molar-refractivity contribution in [1.29, 1.82) is 5.26 Å². The second kappa shape index (κ2) is 10.4. The van der Waals surface area contributed by atoms with Crippen molar-refractivity contribution >= 4 is 21.4 Å². The summed E-state index contributed by atoms with van der Waals surface area (Å²) in [5.74, 6) is 1.22. The Labute approximate surface area is 213 Å². The number of methoxy groups -OCH3 is 2. The number of ether oxygens (including phenoxy) is 2. The van der Waals surface area contributed by atoms with Crippen molar-refractivity contribution in [3.63, 3.8) is 0 Å². The number of nitriles is 1. The molecule has 0 amide bonds. The molecule has 0 spiro atoms. The van der Waals surface area contributed by atoms with Gasteiger partial charge in [0, 0.05) is 12.6 Å². The number of furan rings is 1. The predicted octanol–water partition coefficient (Wildman–Crippen LogP) is 4.01. The summed E-state index contributed by atoms with van der Waals surface area (Å²) in [6, 6.07) is 12.1. The first-order valence-electron chi connectivity index (χ1n) is 10.7. The normalized spacial score (nSPS) is 12.2. The summed E-state index contributed by atoms with van der Waals surface area (Å²) in [5.41, 5.74) is 1.01. The van der Waals surface area contributed by atoms with Crippen LogP contribution in [0.5, 0.6) is 11.5 Å². The standard InChI is InChI=1S/C24H22ClN5O5S/c1-15(10-18-16(12-26)11-17(25)13-27-18)36(31,32)14-22-28-29-24(21-8-5-9-35-21)30(22)23-19(33-2)6-4-7-20(23)34-3/h4-9,11,13,15H,10,14H2,1-3H3/t15-/m0/s1. The van der Waals surface area contributed by atoms with E-state index in [0.717, 1.165) is 0 Å². The summed E-state index contributed by atoms with van der Waals surface area (Å²) < 4.78 is 45.1. The number of nitrogens with zero attached hydrogens (tertiary/aromatic N) is 5. The van der Waals surface area contributed by atoms with Gasteiger partial charge in [0.05, 0.1) is 42.0 Å². The highest BCUT2D eigenvalue weighted by molar-refractivity contribution is 7.91. The monoisotopic (exact) mass is 527 g/mol. The molecule has 0 aliphatic carbocycles. The van der Waals surface area contributed by atoms with E-state index in [0.29, 0.717) is 33.7 Å². The summed E-state index contributed by atoms with van der Waals surface area (Å²) in [6.45, 7) is 1.56. The van der Waals surface area contributed by atoms with Gasteiger partial charge in [-0.3, -0.25) is 9.55 Å². The summed E-state index contributed by atoms with van der Waals surface area (Å²) >= 11 is 5.92. The molecule has 1 aromatic carbocycles. The molecule has 0 unspecified atom stereocenters. The second-order valence-corrected chi connectivity index (χ2v) is 10.7. The Hall–Kier alpha value is -3.88. The van der Waals surface area contributed by atoms with Crippen LogP contribution in [0, 0.1) is 11.3 Å². The van der Waals surface area contributed by atoms with Gasteiger partial charge in [-0.15, -0.1) is 10.2 Å². The van der Waals surface area contributed by atoms with E-state index < -0.39 is 20.8 Å². The lowest BCUT2D eigenvalue weighted by Crippen LogP contribution is -2.24. The van der Waals surface area contributed by atoms with Gasteiger partial charge in [-0.1, -0.05) is 17.7 Å². The Morgan fingerprint density at radius 3 is 2.50 bits per heavy atom. The van der Waals surface area contributed by atoms with Gasteiger partial charge in [0.15, 0.2) is 21.4 Å². The average Bonchev–Trinajstić information content (AvgIpc) is 3.54. The van der Waals surface area contributed by atoms with Gasteiger partial charge in [0.25, 0.3) is 0 Å². The highest BCUT2D eigenvalue weighted by Crippen LogP contribution is 2.37. The fourth-order valence-corrected chi connectivity index (χ4v) is 5.11. The molecule has 36 heavy (non-hydrogen) atoms. The topological polar surface area (TPSA) is 133 Å². The van der Waals surface area contributed by atoms with Crippen molar-refractivity contribution in [3.8, 4) is 34.8 Å². The van der Waals surface area contributed by atoms with E-state index >= 15 is 0 Å². The molecule has 0 saturated carbocycles. The third-order valence-electron chi connectivity index (χ3n) is 5.58. The van der Waals surface area contributed by atoms with Crippen LogP contribution in [0.2, 0.25) is 5.02 Å². The van der Waals surface area contributed by atoms with Crippen LogP contribution in [0.1, 0.15) is 24.0 Å². The molecule has 4 rings (SSSR count). The lowest BCUT2D eigenvalue weighted by molar-refractivity contribution is 0.390. The number of pyridine rings is 1. The molecule has 0 bridgehead atoms. The van der Waals surface area contributed by atoms with Crippen LogP contribution in [-0.4, -0.2) is 47.6 Å². The smallest absolute Gasteiger partial charge is 0.204 e. The van der Waals surface area contributed by atoms with Crippen LogP contribution in [0.15, 0.2) is 53.3 Å². The Bertz CT molecular complexity index is 1500. The van der Waals surface area contributed by atoms with Crippen LogP contribution >= 0.6 is 11.6 Å². The lowest BCUT2D eigenvalue weighted by atomic mass is 10.1. The van der Waals surface area contributed by atoms with Gasteiger partial charge in [-0.2, -0.15) is 5.26 Å². The molecular weight excluding hydrogens is 506 g/mol. The van der Waals surface area contributed by atoms with E-state index in [4.69, 9.17) is 25.5 Å². The Balaban J connectivity index is 1.77. The number of rotatable bonds is 9. The fourth-order valence-electron chi connectivity index (χ4n) is 3.71. The van der Waals surface area contributed by atoms with Gasteiger partial charge in [0.2, 0.25) is 5.82 Å². The number of hydrogen-bond donors (Lipinski definition) is 0. The molecule has 0 N–H and O–H groups in total. The van der Waals surface area contributed by atoms with E-state index in [9.17, 15) is 13.7 Å². The molecule has 3 aromatic heterocycles. The van der Waals surface area contributed by atoms with E-state index in [1.807, 2.05) is 6.07 Å². The molecule has 0 saturated heterocycles. The third-order valence-corrected chi connectivity index (χ3v) is 7.84. The molecule has 0 radical (unpaired) electrons. The maximum Gasteiger partial charge on any atom is 0.204 e. The minimum atomic E-state index is -3.79. The first-order valence-corrected chi connectivity index (χ1v) is 12.8. The molecule has 1 atom stereocenters. The number of sulfone groups is 1. The van der Waals surface area contributed by atoms with Crippen molar-refractivity contribution in [3.05, 3.63) is 71.0 Å². The van der Waals surface area contributed by atoms with Crippen LogP contribution in [0.3, 0.4) is 0 Å². The zero-order chi connectivity index (χ0) is 25.9. The third kappa shape index (κ3) is 4.91. The lowest BCUT2D eigenvalue weighted by Gasteiger charge is -2.18. The molecule has 0 aliphatic heterocycles. The van der Waals surface area contributed by atoms with Crippen molar-refractivity contribution in [1.82, 2.24) is 19.7 Å². The second-order valence-electron chi connectivity index (χ2n) is 7.85. The van der Waals surface area contributed by atoms with Crippen molar-refractivity contribution in [2.75, 3.05) is 14.2 Å². The number of hydrogen-bond acceptors (Lipinski definition) is 9. The van der Waals surface area contributed by atoms with E-state index in [1.165, 1.54) is 32.7 Å². The molecule has 12 heteroatoms. The zero-order valence-electron chi connectivity index (χ0n) is 19.7. The van der Waals surface area contributed by atoms with Crippen LogP contribution < -0.4 is 9.47 Å². The molecule has 10 nitrogen and oxygen atoms in total. The fraction of sp³-hybridized carbons (Fsp3) is 0.250. The highest BCUT2D eigenvalue weighted by Gasteiger charge is 2.30. The zero-order valence-corrected chi connectivity index (χ0v) is 21.2. The van der Waals surface area contributed by atoms with E-state index in [-0.39, 0.29) is 23.6 Å². The van der Waals surface area contributed by atoms with Crippen molar-refractivity contribution in [2.45, 2.75) is 24.3 Å². The Morgan fingerprint density at radius 1 is 1.17 bits per heavy atom. The van der Waals surface area contributed by atoms with Crippen molar-refractivity contribution < 1.29 is 22.3 Å². The Kier molecular flexibility index (Phi) is 7.28. The molecule has 0 aliphatic rings. The van der Waals surface area contributed by atoms with Crippen molar-refractivity contribution in [2.24, 2.45) is 0 Å². The van der Waals surface area contributed by atoms with Crippen LogP contribution in [0.4, 0.5) is 0 Å². The Morgan fingerprint density at radius 2 is 1.89 bits per heavy atom. The molecule has 0 fully saturated rings. The first kappa shape index (κ1) is 25.2. The number of aromatic nitrogens is 4. The SMILES string of the molecule is COc1cccc(OC)c1-n1c(CS(=O)(=O)[C@@H](C)Cc2ncc(Cl)cc2C#N)nnc1-c1ccco1. The molecular formula is C24H22ClN5O5S. The summed E-state index contributed by atoms with van der Waals surface area (Å²) in [6.07, 6.45) is 2.90. The quantitative estimate of drug-likeness (QED) is 0.316. The van der Waals surface area contributed by atoms with E-state index in [2.05, 4.69) is 15.2 Å². The largest absolute Gasteiger partial charge is 0.494 e. The molecule has 186 valence electrons. The average molecular weight is 528 g/mol. The van der Waals surface area contributed by atoms with Gasteiger partial charge < -0.3 is 13.9 Å².